The van der Waals surface area contributed by atoms with E-state index in [-0.39, 0.29) is 35.2 Å². The van der Waals surface area contributed by atoms with E-state index in [1.807, 2.05) is 30.3 Å². The van der Waals surface area contributed by atoms with Crippen molar-refractivity contribution < 1.29 is 25.2 Å². The van der Waals surface area contributed by atoms with Gasteiger partial charge in [-0.25, -0.2) is 0 Å². The van der Waals surface area contributed by atoms with Gasteiger partial charge in [-0.05, 0) is 71.8 Å². The molecule has 0 radical (unpaired) electrons. The van der Waals surface area contributed by atoms with Crippen LogP contribution in [0.2, 0.25) is 0 Å². The molecule has 0 aliphatic carbocycles. The van der Waals surface area contributed by atoms with Crippen molar-refractivity contribution in [2.24, 2.45) is 11.8 Å². The predicted octanol–water partition coefficient (Wildman–Crippen LogP) is 5.33. The molecule has 3 aromatic carbocycles. The van der Waals surface area contributed by atoms with Crippen LogP contribution in [0.25, 0.3) is 6.08 Å². The second kappa shape index (κ2) is 9.90. The van der Waals surface area contributed by atoms with Crippen LogP contribution in [0.15, 0.2) is 78.9 Å². The summed E-state index contributed by atoms with van der Waals surface area (Å²) in [5.41, 5.74) is 2.77. The molecule has 1 aliphatic heterocycles. The molecule has 0 aromatic heterocycles. The molecule has 5 heteroatoms. The van der Waals surface area contributed by atoms with E-state index in [0.717, 1.165) is 29.5 Å². The van der Waals surface area contributed by atoms with E-state index < -0.39 is 6.10 Å². The number of allylic oxidation sites excluding steroid dienone is 1. The highest BCUT2D eigenvalue weighted by molar-refractivity contribution is 5.50. The molecule has 166 valence electrons. The number of ether oxygens (including phenoxy) is 1. The number of phenolic OH excluding ortho intramolecular Hbond substituents is 3. The average Bonchev–Trinajstić information content (AvgIpc) is 2.81. The topological polar surface area (TPSA) is 90.2 Å². The van der Waals surface area contributed by atoms with Crippen molar-refractivity contribution in [1.29, 1.82) is 0 Å². The van der Waals surface area contributed by atoms with E-state index in [0.29, 0.717) is 6.61 Å². The lowest BCUT2D eigenvalue weighted by Crippen LogP contribution is -2.32. The fourth-order valence-electron chi connectivity index (χ4n) is 4.32. The molecular weight excluding hydrogens is 404 g/mol. The molecule has 4 rings (SSSR count). The van der Waals surface area contributed by atoms with Gasteiger partial charge in [-0.15, -0.1) is 0 Å². The zero-order chi connectivity index (χ0) is 22.5. The lowest BCUT2D eigenvalue weighted by atomic mass is 9.79. The summed E-state index contributed by atoms with van der Waals surface area (Å²) in [4.78, 5) is 0. The average molecular weight is 433 g/mol. The Labute approximate surface area is 187 Å². The van der Waals surface area contributed by atoms with Crippen molar-refractivity contribution in [2.75, 3.05) is 6.61 Å². The molecule has 0 saturated carbocycles. The van der Waals surface area contributed by atoms with Gasteiger partial charge >= 0.3 is 0 Å². The minimum absolute atomic E-state index is 0.0695. The molecule has 32 heavy (non-hydrogen) atoms. The maximum atomic E-state index is 10.9. The molecular formula is C27H28O5. The Bertz CT molecular complexity index is 1030. The molecule has 1 fully saturated rings. The number of aromatic hydroxyl groups is 3. The van der Waals surface area contributed by atoms with Crippen molar-refractivity contribution in [3.63, 3.8) is 0 Å². The van der Waals surface area contributed by atoms with Gasteiger partial charge in [0, 0.05) is 5.92 Å². The molecule has 4 atom stereocenters. The monoisotopic (exact) mass is 432 g/mol. The van der Waals surface area contributed by atoms with Gasteiger partial charge in [0.2, 0.25) is 0 Å². The highest BCUT2D eigenvalue weighted by Crippen LogP contribution is 2.42. The van der Waals surface area contributed by atoms with Crippen LogP contribution in [0.5, 0.6) is 17.2 Å². The fraction of sp³-hybridized carbons (Fsp3) is 0.259. The second-order valence-electron chi connectivity index (χ2n) is 8.37. The Kier molecular flexibility index (Phi) is 6.78. The molecule has 1 aliphatic rings. The minimum Gasteiger partial charge on any atom is -0.508 e. The first kappa shape index (κ1) is 21.9. The maximum Gasteiger partial charge on any atom is 0.115 e. The maximum absolute atomic E-state index is 10.9. The molecule has 5 nitrogen and oxygen atoms in total. The van der Waals surface area contributed by atoms with Gasteiger partial charge in [0.05, 0.1) is 18.8 Å². The molecule has 0 spiro atoms. The van der Waals surface area contributed by atoms with Crippen LogP contribution < -0.4 is 0 Å². The van der Waals surface area contributed by atoms with Gasteiger partial charge in [0.1, 0.15) is 17.2 Å². The Hall–Kier alpha value is -3.28. The summed E-state index contributed by atoms with van der Waals surface area (Å²) in [7, 11) is 0. The molecule has 4 N–H and O–H groups in total. The highest BCUT2D eigenvalue weighted by Gasteiger charge is 2.35. The number of hydrogen-bond donors (Lipinski definition) is 4. The van der Waals surface area contributed by atoms with Crippen molar-refractivity contribution >= 4 is 6.08 Å². The Balaban J connectivity index is 1.51. The largest absolute Gasteiger partial charge is 0.508 e. The van der Waals surface area contributed by atoms with Crippen molar-refractivity contribution in [1.82, 2.24) is 0 Å². The summed E-state index contributed by atoms with van der Waals surface area (Å²) in [5, 5.41) is 39.6. The first-order valence-electron chi connectivity index (χ1n) is 10.8. The smallest absolute Gasteiger partial charge is 0.115 e. The van der Waals surface area contributed by atoms with E-state index in [1.54, 1.807) is 48.5 Å². The molecule has 1 heterocycles. The predicted molar refractivity (Wildman–Crippen MR) is 123 cm³/mol. The number of rotatable bonds is 6. The third-order valence-corrected chi connectivity index (χ3v) is 6.07. The molecule has 0 amide bonds. The van der Waals surface area contributed by atoms with Crippen LogP contribution in [0.4, 0.5) is 0 Å². The van der Waals surface area contributed by atoms with E-state index in [9.17, 15) is 20.4 Å². The summed E-state index contributed by atoms with van der Waals surface area (Å²) in [6.45, 7) is 0.422. The number of aliphatic hydroxyl groups excluding tert-OH is 1. The molecule has 0 bridgehead atoms. The third-order valence-electron chi connectivity index (χ3n) is 6.07. The summed E-state index contributed by atoms with van der Waals surface area (Å²) < 4.78 is 6.26. The summed E-state index contributed by atoms with van der Waals surface area (Å²) in [5.74, 6) is 0.694. The van der Waals surface area contributed by atoms with Crippen LogP contribution in [0.3, 0.4) is 0 Å². The van der Waals surface area contributed by atoms with Crippen molar-refractivity contribution in [2.45, 2.75) is 25.0 Å². The minimum atomic E-state index is -0.681. The quantitative estimate of drug-likeness (QED) is 0.422. The fourth-order valence-corrected chi connectivity index (χ4v) is 4.32. The van der Waals surface area contributed by atoms with E-state index in [1.165, 1.54) is 0 Å². The normalized spacial score (nSPS) is 22.1. The Morgan fingerprint density at radius 1 is 0.812 bits per heavy atom. The standard InChI is InChI=1S/C27H28O5/c28-23-10-4-18(5-11-23)2-1-3-21-16-22(26(31)19-6-12-24(29)13-7-19)17-32-27(21)20-8-14-25(30)15-9-20/h1-2,4-15,21-22,26-31H,3,16-17H2/b2-1+/t21-,22-,26-,27-/m0/s1. The highest BCUT2D eigenvalue weighted by atomic mass is 16.5. The van der Waals surface area contributed by atoms with Gasteiger partial charge in [0.25, 0.3) is 0 Å². The van der Waals surface area contributed by atoms with Crippen molar-refractivity contribution in [3.8, 4) is 17.2 Å². The SMILES string of the molecule is Oc1ccc(/C=C/C[C@H]2C[C@H]([C@@H](O)c3ccc(O)cc3)CO[C@H]2c2ccc(O)cc2)cc1. The van der Waals surface area contributed by atoms with Crippen LogP contribution in [-0.2, 0) is 4.74 Å². The zero-order valence-corrected chi connectivity index (χ0v) is 17.7. The van der Waals surface area contributed by atoms with E-state index >= 15 is 0 Å². The van der Waals surface area contributed by atoms with Crippen LogP contribution in [0.1, 0.15) is 41.7 Å². The first-order chi connectivity index (χ1) is 15.5. The summed E-state index contributed by atoms with van der Waals surface area (Å²) in [6.07, 6.45) is 4.83. The van der Waals surface area contributed by atoms with Gasteiger partial charge in [-0.1, -0.05) is 48.6 Å². The molecule has 3 aromatic rings. The summed E-state index contributed by atoms with van der Waals surface area (Å²) >= 11 is 0. The molecule has 0 unspecified atom stereocenters. The third kappa shape index (κ3) is 5.31. The van der Waals surface area contributed by atoms with Crippen LogP contribution in [-0.4, -0.2) is 27.0 Å². The van der Waals surface area contributed by atoms with Gasteiger partial charge in [-0.2, -0.15) is 0 Å². The van der Waals surface area contributed by atoms with E-state index in [4.69, 9.17) is 4.74 Å². The summed E-state index contributed by atoms with van der Waals surface area (Å²) in [6, 6.07) is 20.8. The Morgan fingerprint density at radius 3 is 2.00 bits per heavy atom. The number of benzene rings is 3. The number of phenols is 3. The van der Waals surface area contributed by atoms with Gasteiger partial charge in [0.15, 0.2) is 0 Å². The van der Waals surface area contributed by atoms with Gasteiger partial charge < -0.3 is 25.2 Å². The van der Waals surface area contributed by atoms with Crippen LogP contribution >= 0.6 is 0 Å². The lowest BCUT2D eigenvalue weighted by molar-refractivity contribution is -0.0900. The lowest BCUT2D eigenvalue weighted by Gasteiger charge is -2.38. The van der Waals surface area contributed by atoms with Crippen LogP contribution in [0, 0.1) is 11.8 Å². The number of aliphatic hydroxyl groups is 1. The van der Waals surface area contributed by atoms with E-state index in [2.05, 4.69) is 6.08 Å². The number of hydrogen-bond acceptors (Lipinski definition) is 5. The molecule has 1 saturated heterocycles. The zero-order valence-electron chi connectivity index (χ0n) is 17.7. The second-order valence-corrected chi connectivity index (χ2v) is 8.37. The Morgan fingerprint density at radius 2 is 1.38 bits per heavy atom. The van der Waals surface area contributed by atoms with Crippen molar-refractivity contribution in [3.05, 3.63) is 95.6 Å². The van der Waals surface area contributed by atoms with Gasteiger partial charge in [-0.3, -0.25) is 0 Å². The first-order valence-corrected chi connectivity index (χ1v) is 10.8.